The van der Waals surface area contributed by atoms with Gasteiger partial charge in [0.2, 0.25) is 0 Å². The minimum Gasteiger partial charge on any atom is -0.384 e. The zero-order valence-corrected chi connectivity index (χ0v) is 17.2. The van der Waals surface area contributed by atoms with Gasteiger partial charge in [-0.15, -0.1) is 9.39 Å². The van der Waals surface area contributed by atoms with E-state index in [0.29, 0.717) is 5.82 Å². The summed E-state index contributed by atoms with van der Waals surface area (Å²) in [6.07, 6.45) is 1.85. The van der Waals surface area contributed by atoms with Gasteiger partial charge in [-0.3, -0.25) is 5.14 Å². The smallest absolute Gasteiger partial charge is 0.124 e. The van der Waals surface area contributed by atoms with E-state index in [2.05, 4.69) is 53.1 Å². The van der Waals surface area contributed by atoms with Crippen molar-refractivity contribution in [1.29, 1.82) is 0 Å². The summed E-state index contributed by atoms with van der Waals surface area (Å²) in [5.41, 5.74) is 11.7. The summed E-state index contributed by atoms with van der Waals surface area (Å²) in [5, 5.41) is 7.41. The molecule has 4 N–H and O–H groups in total. The molecule has 0 atom stereocenters. The van der Waals surface area contributed by atoms with Crippen LogP contribution >= 0.6 is 9.39 Å². The second kappa shape index (κ2) is 7.74. The number of hydrogen-bond acceptors (Lipinski definition) is 3. The van der Waals surface area contributed by atoms with Crippen molar-refractivity contribution in [3.63, 3.8) is 0 Å². The maximum absolute atomic E-state index is 6.24. The summed E-state index contributed by atoms with van der Waals surface area (Å²) >= 11 is 0. The van der Waals surface area contributed by atoms with Gasteiger partial charge in [-0.25, -0.2) is 4.98 Å². The molecule has 0 aliphatic heterocycles. The number of benzene rings is 3. The molecule has 0 spiro atoms. The predicted molar refractivity (Wildman–Crippen MR) is 130 cm³/mol. The molecule has 4 aromatic rings. The lowest BCUT2D eigenvalue weighted by molar-refractivity contribution is 0.967. The van der Waals surface area contributed by atoms with Crippen molar-refractivity contribution in [2.75, 3.05) is 5.73 Å². The van der Waals surface area contributed by atoms with Crippen molar-refractivity contribution in [3.8, 4) is 11.1 Å². The monoisotopic (exact) mass is 399 g/mol. The van der Waals surface area contributed by atoms with E-state index in [1.807, 2.05) is 42.5 Å². The molecule has 3 nitrogen and oxygen atoms in total. The Morgan fingerprint density at radius 2 is 1.52 bits per heavy atom. The number of fused-ring (bicyclic) bond motifs is 1. The van der Waals surface area contributed by atoms with Crippen LogP contribution in [-0.4, -0.2) is 16.7 Å². The molecule has 0 radical (unpaired) electrons. The molecule has 4 rings (SSSR count). The molecule has 0 bridgehead atoms. The summed E-state index contributed by atoms with van der Waals surface area (Å²) < 4.78 is 0. The standard InChI is InChI=1S/C25H25N3S/c1-29(2,27)24-10-6-4-8-22(24)19-14-11-18(12-15-19)13-16-20-17-25(26)28-23-9-5-3-7-21(20)23/h3-12,14-15,17H,1-2,13,16,27H2,(H2,26,28). The third kappa shape index (κ3) is 4.19. The first kappa shape index (κ1) is 19.2. The normalized spacial score (nSPS) is 11.6. The van der Waals surface area contributed by atoms with Gasteiger partial charge in [0, 0.05) is 10.3 Å². The van der Waals surface area contributed by atoms with Crippen LogP contribution in [-0.2, 0) is 12.8 Å². The molecular formula is C25H25N3S. The van der Waals surface area contributed by atoms with Crippen LogP contribution in [0.1, 0.15) is 11.1 Å². The average molecular weight is 400 g/mol. The maximum atomic E-state index is 6.24. The molecule has 0 fully saturated rings. The molecule has 4 heteroatoms. The minimum absolute atomic E-state index is 0.569. The van der Waals surface area contributed by atoms with Crippen molar-refractivity contribution in [3.05, 3.63) is 90.0 Å². The van der Waals surface area contributed by atoms with Gasteiger partial charge in [0.25, 0.3) is 0 Å². The maximum Gasteiger partial charge on any atom is 0.124 e. The van der Waals surface area contributed by atoms with E-state index in [1.54, 1.807) is 0 Å². The van der Waals surface area contributed by atoms with Gasteiger partial charge in [-0.1, -0.05) is 72.4 Å². The number of aromatic nitrogens is 1. The highest BCUT2D eigenvalue weighted by molar-refractivity contribution is 8.26. The van der Waals surface area contributed by atoms with E-state index in [9.17, 15) is 0 Å². The molecule has 3 aromatic carbocycles. The molecule has 29 heavy (non-hydrogen) atoms. The lowest BCUT2D eigenvalue weighted by atomic mass is 9.98. The third-order valence-electron chi connectivity index (χ3n) is 5.09. The average Bonchev–Trinajstić information content (AvgIpc) is 2.71. The van der Waals surface area contributed by atoms with Gasteiger partial charge in [-0.05, 0) is 53.3 Å². The number of nitrogens with two attached hydrogens (primary N) is 2. The summed E-state index contributed by atoms with van der Waals surface area (Å²) in [7, 11) is -1.78. The lowest BCUT2D eigenvalue weighted by Gasteiger charge is -2.15. The molecule has 0 aliphatic carbocycles. The molecule has 0 aliphatic rings. The molecule has 146 valence electrons. The number of rotatable bonds is 5. The Morgan fingerprint density at radius 1 is 0.828 bits per heavy atom. The molecule has 0 unspecified atom stereocenters. The lowest BCUT2D eigenvalue weighted by Crippen LogP contribution is -1.98. The van der Waals surface area contributed by atoms with Crippen LogP contribution in [0.5, 0.6) is 0 Å². The van der Waals surface area contributed by atoms with Gasteiger partial charge in [-0.2, -0.15) is 0 Å². The summed E-state index contributed by atoms with van der Waals surface area (Å²) in [6, 6.07) is 26.9. The first-order chi connectivity index (χ1) is 13.9. The van der Waals surface area contributed by atoms with Gasteiger partial charge in [0.05, 0.1) is 5.52 Å². The van der Waals surface area contributed by atoms with Crippen LogP contribution in [0.15, 0.2) is 83.8 Å². The summed E-state index contributed by atoms with van der Waals surface area (Å²) in [4.78, 5) is 5.44. The van der Waals surface area contributed by atoms with E-state index >= 15 is 0 Å². The van der Waals surface area contributed by atoms with Gasteiger partial charge in [0.1, 0.15) is 5.82 Å². The SMILES string of the molecule is C=S(=C)(N)c1ccccc1-c1ccc(CCc2cc(N)nc3ccccc23)cc1. The van der Waals surface area contributed by atoms with E-state index in [4.69, 9.17) is 10.9 Å². The Hall–Kier alpha value is -3.08. The Balaban J connectivity index is 1.58. The van der Waals surface area contributed by atoms with Crippen LogP contribution in [0.4, 0.5) is 5.82 Å². The third-order valence-corrected chi connectivity index (χ3v) is 6.33. The fraction of sp³-hybridized carbons (Fsp3) is 0.0800. The zero-order chi connectivity index (χ0) is 20.4. The summed E-state index contributed by atoms with van der Waals surface area (Å²) in [5.74, 6) is 8.72. The van der Waals surface area contributed by atoms with Crippen LogP contribution in [0.2, 0.25) is 0 Å². The number of anilines is 1. The van der Waals surface area contributed by atoms with Crippen molar-refractivity contribution >= 4 is 37.9 Å². The Labute approximate surface area is 172 Å². The highest BCUT2D eigenvalue weighted by Crippen LogP contribution is 2.35. The zero-order valence-electron chi connectivity index (χ0n) is 16.3. The number of pyridine rings is 1. The van der Waals surface area contributed by atoms with E-state index in [0.717, 1.165) is 34.4 Å². The van der Waals surface area contributed by atoms with Crippen molar-refractivity contribution in [2.24, 2.45) is 5.14 Å². The fourth-order valence-electron chi connectivity index (χ4n) is 3.67. The second-order valence-corrected chi connectivity index (χ2v) is 9.69. The molecule has 0 saturated heterocycles. The van der Waals surface area contributed by atoms with Crippen LogP contribution < -0.4 is 10.9 Å². The molecule has 0 amide bonds. The fourth-order valence-corrected chi connectivity index (χ4v) is 4.64. The van der Waals surface area contributed by atoms with Crippen LogP contribution in [0, 0.1) is 0 Å². The van der Waals surface area contributed by atoms with E-state index in [1.165, 1.54) is 16.5 Å². The van der Waals surface area contributed by atoms with Crippen LogP contribution in [0.25, 0.3) is 22.0 Å². The van der Waals surface area contributed by atoms with Crippen LogP contribution in [0.3, 0.4) is 0 Å². The summed E-state index contributed by atoms with van der Waals surface area (Å²) in [6.45, 7) is 0. The first-order valence-corrected chi connectivity index (χ1v) is 11.5. The largest absolute Gasteiger partial charge is 0.384 e. The van der Waals surface area contributed by atoms with Crippen molar-refractivity contribution in [2.45, 2.75) is 17.7 Å². The molecular weight excluding hydrogens is 374 g/mol. The Morgan fingerprint density at radius 3 is 2.28 bits per heavy atom. The quantitative estimate of drug-likeness (QED) is 0.455. The Bertz CT molecular complexity index is 1270. The molecule has 0 saturated carbocycles. The Kier molecular flexibility index (Phi) is 5.14. The van der Waals surface area contributed by atoms with E-state index < -0.39 is 9.39 Å². The van der Waals surface area contributed by atoms with Gasteiger partial charge in [0.15, 0.2) is 0 Å². The number of para-hydroxylation sites is 1. The topological polar surface area (TPSA) is 64.9 Å². The number of hydrogen-bond donors (Lipinski definition) is 2. The molecule has 1 aromatic heterocycles. The van der Waals surface area contributed by atoms with Crippen molar-refractivity contribution in [1.82, 2.24) is 4.98 Å². The number of aryl methyl sites for hydroxylation is 2. The first-order valence-electron chi connectivity index (χ1n) is 9.51. The van der Waals surface area contributed by atoms with Crippen molar-refractivity contribution < 1.29 is 0 Å². The number of nitrogens with zero attached hydrogens (tertiary/aromatic N) is 1. The van der Waals surface area contributed by atoms with E-state index in [-0.39, 0.29) is 0 Å². The van der Waals surface area contributed by atoms with Gasteiger partial charge < -0.3 is 5.73 Å². The van der Waals surface area contributed by atoms with Gasteiger partial charge >= 0.3 is 0 Å². The second-order valence-electron chi connectivity index (χ2n) is 7.36. The highest BCUT2D eigenvalue weighted by Gasteiger charge is 2.08. The predicted octanol–water partition coefficient (Wildman–Crippen LogP) is 5.17. The molecule has 1 heterocycles. The highest BCUT2D eigenvalue weighted by atomic mass is 32.2. The minimum atomic E-state index is -1.78. The number of nitrogen functional groups attached to an aromatic ring is 1.